The lowest BCUT2D eigenvalue weighted by atomic mass is 9.82. The Bertz CT molecular complexity index is 1240. The molecule has 2 aromatic carbocycles. The minimum atomic E-state index is -4.86. The predicted octanol–water partition coefficient (Wildman–Crippen LogP) is 6.78. The fourth-order valence-electron chi connectivity index (χ4n) is 6.21. The molecule has 2 amide bonds. The average Bonchev–Trinajstić information content (AvgIpc) is 2.93. The summed E-state index contributed by atoms with van der Waals surface area (Å²) in [4.78, 5) is 31.2. The monoisotopic (exact) mass is 643 g/mol. The first kappa shape index (κ1) is 34.4. The number of benzene rings is 2. The second kappa shape index (κ2) is 13.5. The van der Waals surface area contributed by atoms with Crippen LogP contribution in [-0.4, -0.2) is 78.0 Å². The van der Waals surface area contributed by atoms with Crippen molar-refractivity contribution in [1.29, 1.82) is 0 Å². The summed E-state index contributed by atoms with van der Waals surface area (Å²) < 4.78 is 84.8. The third-order valence-corrected chi connectivity index (χ3v) is 8.48. The third-order valence-electron chi connectivity index (χ3n) is 8.48. The lowest BCUT2D eigenvalue weighted by molar-refractivity contribution is -0.275. The smallest absolute Gasteiger partial charge is 0.406 e. The molecule has 0 aliphatic carbocycles. The van der Waals surface area contributed by atoms with Gasteiger partial charge in [0.1, 0.15) is 11.5 Å². The summed E-state index contributed by atoms with van der Waals surface area (Å²) in [5.41, 5.74) is 0.878. The second-order valence-electron chi connectivity index (χ2n) is 12.8. The Labute approximate surface area is 259 Å². The fourth-order valence-corrected chi connectivity index (χ4v) is 6.21. The van der Waals surface area contributed by atoms with E-state index in [1.165, 1.54) is 48.5 Å². The SMILES string of the molecule is CC(=O)N1CCC(CC(=O)N2CCN(C(c3ccc(OC(F)(F)F)cc3)c3ccc(OC(F)(F)F)cc3)C[C@@H]2C(C)(C)C)CC1. The van der Waals surface area contributed by atoms with E-state index in [2.05, 4.69) is 14.4 Å². The summed E-state index contributed by atoms with van der Waals surface area (Å²) in [6.07, 6.45) is -7.82. The van der Waals surface area contributed by atoms with Gasteiger partial charge in [-0.1, -0.05) is 45.0 Å². The Morgan fingerprint density at radius 3 is 1.64 bits per heavy atom. The van der Waals surface area contributed by atoms with E-state index in [0.29, 0.717) is 50.3 Å². The van der Waals surface area contributed by atoms with Crippen molar-refractivity contribution >= 4 is 11.8 Å². The maximum Gasteiger partial charge on any atom is 0.573 e. The number of piperazine rings is 1. The maximum absolute atomic E-state index is 13.7. The van der Waals surface area contributed by atoms with E-state index in [9.17, 15) is 35.9 Å². The van der Waals surface area contributed by atoms with E-state index in [4.69, 9.17) is 0 Å². The maximum atomic E-state index is 13.7. The number of carbonyl (C=O) groups excluding carboxylic acids is 2. The normalized spacial score (nSPS) is 19.1. The number of hydrogen-bond acceptors (Lipinski definition) is 5. The molecule has 0 spiro atoms. The van der Waals surface area contributed by atoms with E-state index >= 15 is 0 Å². The molecule has 13 heteroatoms. The zero-order chi connectivity index (χ0) is 33.2. The van der Waals surface area contributed by atoms with Crippen molar-refractivity contribution in [3.63, 3.8) is 0 Å². The lowest BCUT2D eigenvalue weighted by Gasteiger charge is -2.50. The number of alkyl halides is 6. The Morgan fingerprint density at radius 1 is 0.778 bits per heavy atom. The molecule has 4 rings (SSSR count). The van der Waals surface area contributed by atoms with Crippen LogP contribution in [0.15, 0.2) is 48.5 Å². The van der Waals surface area contributed by atoms with Crippen LogP contribution in [0.5, 0.6) is 11.5 Å². The van der Waals surface area contributed by atoms with Crippen molar-refractivity contribution in [2.45, 2.75) is 71.8 Å². The van der Waals surface area contributed by atoms with Gasteiger partial charge < -0.3 is 19.3 Å². The van der Waals surface area contributed by atoms with Gasteiger partial charge in [-0.25, -0.2) is 0 Å². The molecule has 2 aliphatic rings. The minimum Gasteiger partial charge on any atom is -0.406 e. The molecule has 0 N–H and O–H groups in total. The van der Waals surface area contributed by atoms with Crippen LogP contribution in [0.2, 0.25) is 0 Å². The van der Waals surface area contributed by atoms with Gasteiger partial charge in [-0.15, -0.1) is 26.3 Å². The standard InChI is InChI=1S/C32H39F6N3O4/c1-21(42)39-15-13-22(14-16-39)19-28(43)41-18-17-40(20-27(41)30(2,3)4)29(23-5-9-25(10-6-23)44-31(33,34)35)24-7-11-26(12-8-24)45-32(36,37)38/h5-12,22,27,29H,13-20H2,1-4H3/t27-/m1/s1. The molecule has 0 saturated carbocycles. The molecule has 0 bridgehead atoms. The van der Waals surface area contributed by atoms with Gasteiger partial charge in [-0.3, -0.25) is 14.5 Å². The van der Waals surface area contributed by atoms with E-state index in [1.807, 2.05) is 25.7 Å². The van der Waals surface area contributed by atoms with E-state index < -0.39 is 30.3 Å². The zero-order valence-corrected chi connectivity index (χ0v) is 25.8. The predicted molar refractivity (Wildman–Crippen MR) is 154 cm³/mol. The molecule has 0 unspecified atom stereocenters. The number of likely N-dealkylation sites (tertiary alicyclic amines) is 1. The Balaban J connectivity index is 1.58. The van der Waals surface area contributed by atoms with Gasteiger partial charge >= 0.3 is 12.7 Å². The van der Waals surface area contributed by atoms with Crippen LogP contribution >= 0.6 is 0 Å². The zero-order valence-electron chi connectivity index (χ0n) is 25.8. The van der Waals surface area contributed by atoms with Gasteiger partial charge in [0.05, 0.1) is 6.04 Å². The average molecular weight is 644 g/mol. The molecule has 2 saturated heterocycles. The molecule has 2 heterocycles. The van der Waals surface area contributed by atoms with Crippen molar-refractivity contribution in [2.75, 3.05) is 32.7 Å². The molecule has 45 heavy (non-hydrogen) atoms. The van der Waals surface area contributed by atoms with Crippen molar-refractivity contribution in [3.05, 3.63) is 59.7 Å². The molecule has 2 aromatic rings. The molecular formula is C32H39F6N3O4. The topological polar surface area (TPSA) is 62.3 Å². The Hall–Kier alpha value is -3.48. The van der Waals surface area contributed by atoms with E-state index in [1.54, 1.807) is 11.8 Å². The molecule has 2 aliphatic heterocycles. The highest BCUT2D eigenvalue weighted by atomic mass is 19.4. The first-order chi connectivity index (χ1) is 20.9. The number of amides is 2. The number of rotatable bonds is 7. The first-order valence-electron chi connectivity index (χ1n) is 14.9. The summed E-state index contributed by atoms with van der Waals surface area (Å²) in [5, 5.41) is 0. The number of halogens is 6. The lowest BCUT2D eigenvalue weighted by Crippen LogP contribution is -2.60. The largest absolute Gasteiger partial charge is 0.573 e. The van der Waals surface area contributed by atoms with Crippen molar-refractivity contribution < 1.29 is 45.4 Å². The van der Waals surface area contributed by atoms with Crippen LogP contribution in [0.3, 0.4) is 0 Å². The molecule has 2 fully saturated rings. The van der Waals surface area contributed by atoms with Gasteiger partial charge in [0.2, 0.25) is 11.8 Å². The minimum absolute atomic E-state index is 0.0308. The van der Waals surface area contributed by atoms with E-state index in [0.717, 1.165) is 12.8 Å². The number of nitrogens with zero attached hydrogens (tertiary/aromatic N) is 3. The number of ether oxygens (including phenoxy) is 2. The highest BCUT2D eigenvalue weighted by molar-refractivity contribution is 5.77. The summed E-state index contributed by atoms with van der Waals surface area (Å²) in [7, 11) is 0. The van der Waals surface area contributed by atoms with Crippen molar-refractivity contribution in [3.8, 4) is 11.5 Å². The van der Waals surface area contributed by atoms with Crippen LogP contribution in [0.1, 0.15) is 64.1 Å². The Kier molecular flexibility index (Phi) is 10.3. The van der Waals surface area contributed by atoms with Gasteiger partial charge in [0.15, 0.2) is 0 Å². The summed E-state index contributed by atoms with van der Waals surface area (Å²) in [5.74, 6) is -0.542. The highest BCUT2D eigenvalue weighted by Gasteiger charge is 2.41. The molecule has 1 atom stereocenters. The summed E-state index contributed by atoms with van der Waals surface area (Å²) in [6.45, 7) is 10.2. The van der Waals surface area contributed by atoms with Gasteiger partial charge in [-0.05, 0) is 59.6 Å². The quantitative estimate of drug-likeness (QED) is 0.312. The van der Waals surface area contributed by atoms with Crippen LogP contribution in [-0.2, 0) is 9.59 Å². The Morgan fingerprint density at radius 2 is 1.24 bits per heavy atom. The molecular weight excluding hydrogens is 604 g/mol. The summed E-state index contributed by atoms with van der Waals surface area (Å²) >= 11 is 0. The fraction of sp³-hybridized carbons (Fsp3) is 0.562. The second-order valence-corrected chi connectivity index (χ2v) is 12.8. The van der Waals surface area contributed by atoms with Gasteiger partial charge in [0.25, 0.3) is 0 Å². The van der Waals surface area contributed by atoms with Crippen molar-refractivity contribution in [1.82, 2.24) is 14.7 Å². The van der Waals surface area contributed by atoms with Crippen LogP contribution in [0.4, 0.5) is 26.3 Å². The third kappa shape index (κ3) is 9.51. The molecule has 0 radical (unpaired) electrons. The van der Waals surface area contributed by atoms with Gasteiger partial charge in [-0.2, -0.15) is 0 Å². The molecule has 7 nitrogen and oxygen atoms in total. The number of carbonyl (C=O) groups is 2. The van der Waals surface area contributed by atoms with E-state index in [-0.39, 0.29) is 29.2 Å². The highest BCUT2D eigenvalue weighted by Crippen LogP contribution is 2.37. The first-order valence-corrected chi connectivity index (χ1v) is 14.9. The van der Waals surface area contributed by atoms with Crippen molar-refractivity contribution in [2.24, 2.45) is 11.3 Å². The molecule has 248 valence electrons. The number of piperidine rings is 1. The van der Waals surface area contributed by atoms with Crippen LogP contribution in [0, 0.1) is 11.3 Å². The molecule has 0 aromatic heterocycles. The van der Waals surface area contributed by atoms with Crippen LogP contribution in [0.25, 0.3) is 0 Å². The van der Waals surface area contributed by atoms with Gasteiger partial charge in [0, 0.05) is 52.1 Å². The van der Waals surface area contributed by atoms with Crippen LogP contribution < -0.4 is 9.47 Å². The number of hydrogen-bond donors (Lipinski definition) is 0. The summed E-state index contributed by atoms with van der Waals surface area (Å²) in [6, 6.07) is 10.1.